The Kier molecular flexibility index (Phi) is 2.19. The number of rotatable bonds is 1. The highest BCUT2D eigenvalue weighted by Crippen LogP contribution is 2.24. The molecule has 0 aromatic heterocycles. The molecule has 0 aliphatic heterocycles. The summed E-state index contributed by atoms with van der Waals surface area (Å²) in [5.41, 5.74) is -0.259. The number of nitro groups is 1. The van der Waals surface area contributed by atoms with E-state index in [2.05, 4.69) is 15.9 Å². The van der Waals surface area contributed by atoms with Crippen LogP contribution in [0.5, 0.6) is 0 Å². The van der Waals surface area contributed by atoms with Crippen molar-refractivity contribution in [3.63, 3.8) is 0 Å². The van der Waals surface area contributed by atoms with Gasteiger partial charge < -0.3 is 0 Å². The Morgan fingerprint density at radius 2 is 2.18 bits per heavy atom. The van der Waals surface area contributed by atoms with Gasteiger partial charge in [-0.25, -0.2) is 4.39 Å². The number of benzene rings is 1. The molecule has 3 nitrogen and oxygen atoms in total. The maximum Gasteiger partial charge on any atom is 0.286 e. The molecule has 0 saturated carbocycles. The van der Waals surface area contributed by atoms with Crippen LogP contribution in [0.2, 0.25) is 0 Å². The van der Waals surface area contributed by atoms with Crippen LogP contribution in [-0.2, 0) is 0 Å². The lowest BCUT2D eigenvalue weighted by Crippen LogP contribution is -1.89. The van der Waals surface area contributed by atoms with Crippen LogP contribution in [0.1, 0.15) is 0 Å². The summed E-state index contributed by atoms with van der Waals surface area (Å²) in [5.74, 6) is -0.611. The Labute approximate surface area is 70.1 Å². The number of nitro benzene ring substituents is 1. The minimum absolute atomic E-state index is 0.259. The first kappa shape index (κ1) is 8.13. The molecular formula is C6H3BrFNO2. The maximum absolute atomic E-state index is 12.4. The summed E-state index contributed by atoms with van der Waals surface area (Å²) in [6.07, 6.45) is 0. The molecule has 0 unspecified atom stereocenters. The van der Waals surface area contributed by atoms with E-state index in [0.717, 1.165) is 12.1 Å². The molecule has 1 aromatic rings. The molecule has 0 radical (unpaired) electrons. The molecule has 0 saturated heterocycles. The number of halogens is 2. The normalized spacial score (nSPS) is 9.64. The van der Waals surface area contributed by atoms with E-state index in [1.165, 1.54) is 6.07 Å². The Bertz CT molecular complexity index is 303. The quantitative estimate of drug-likeness (QED) is 0.545. The van der Waals surface area contributed by atoms with Gasteiger partial charge in [0.25, 0.3) is 5.69 Å². The van der Waals surface area contributed by atoms with Crippen LogP contribution < -0.4 is 0 Å². The standard InChI is InChI=1S/C6H3BrFNO2/c7-5-2-1-4(8)3-6(5)9(10)11/h1-3H/i1+1,2+1,3+1,4+1,5+1,6+1. The molecule has 11 heavy (non-hydrogen) atoms. The second kappa shape index (κ2) is 2.96. The van der Waals surface area contributed by atoms with Gasteiger partial charge in [0.2, 0.25) is 0 Å². The van der Waals surface area contributed by atoms with Crippen LogP contribution in [0.4, 0.5) is 10.1 Å². The Hall–Kier alpha value is -0.970. The van der Waals surface area contributed by atoms with E-state index >= 15 is 0 Å². The highest BCUT2D eigenvalue weighted by Gasteiger charge is 2.11. The summed E-state index contributed by atoms with van der Waals surface area (Å²) in [5, 5.41) is 10.2. The molecule has 0 amide bonds. The number of hydrogen-bond acceptors (Lipinski definition) is 2. The van der Waals surface area contributed by atoms with E-state index in [4.69, 9.17) is 0 Å². The minimum atomic E-state index is -0.646. The minimum Gasteiger partial charge on any atom is -0.258 e. The van der Waals surface area contributed by atoms with Crippen molar-refractivity contribution in [3.05, 3.63) is 38.6 Å². The van der Waals surface area contributed by atoms with Crippen LogP contribution in [0.3, 0.4) is 0 Å². The fraction of sp³-hybridized carbons (Fsp3) is 0. The van der Waals surface area contributed by atoms with Gasteiger partial charge >= 0.3 is 0 Å². The van der Waals surface area contributed by atoms with Gasteiger partial charge in [-0.2, -0.15) is 0 Å². The molecule has 0 spiro atoms. The molecule has 0 aliphatic rings. The van der Waals surface area contributed by atoms with Gasteiger partial charge in [-0.3, -0.25) is 10.1 Å². The first-order valence-corrected chi connectivity index (χ1v) is 3.50. The summed E-state index contributed by atoms with van der Waals surface area (Å²) in [6, 6.07) is 3.31. The highest BCUT2D eigenvalue weighted by molar-refractivity contribution is 9.10. The monoisotopic (exact) mass is 225 g/mol. The second-order valence-corrected chi connectivity index (χ2v) is 2.71. The average Bonchev–Trinajstić information content (AvgIpc) is 1.94. The summed E-state index contributed by atoms with van der Waals surface area (Å²) < 4.78 is 12.7. The maximum atomic E-state index is 12.4. The summed E-state index contributed by atoms with van der Waals surface area (Å²) in [4.78, 5) is 9.54. The topological polar surface area (TPSA) is 43.1 Å². The van der Waals surface area contributed by atoms with E-state index in [0.29, 0.717) is 0 Å². The van der Waals surface area contributed by atoms with E-state index in [1.54, 1.807) is 0 Å². The molecule has 0 heterocycles. The van der Waals surface area contributed by atoms with E-state index in [-0.39, 0.29) is 10.2 Å². The summed E-state index contributed by atoms with van der Waals surface area (Å²) in [6.45, 7) is 0. The van der Waals surface area contributed by atoms with E-state index in [1.807, 2.05) is 0 Å². The SMILES string of the molecule is O=[N+]([O-])[13c]1[13cH][13c](F)[13cH][13cH][13c]1Br. The lowest BCUT2D eigenvalue weighted by atomic mass is 11.3. The second-order valence-electron chi connectivity index (χ2n) is 1.85. The first-order chi connectivity index (χ1) is 5.11. The van der Waals surface area contributed by atoms with Crippen LogP contribution in [0.15, 0.2) is 22.7 Å². The predicted molar refractivity (Wildman–Crippen MR) is 40.8 cm³/mol. The zero-order chi connectivity index (χ0) is 8.43. The smallest absolute Gasteiger partial charge is 0.258 e. The number of nitrogens with zero attached hydrogens (tertiary/aromatic N) is 1. The Morgan fingerprint density at radius 3 is 2.64 bits per heavy atom. The van der Waals surface area contributed by atoms with Crippen LogP contribution in [0, 0.1) is 15.9 Å². The fourth-order valence-electron chi connectivity index (χ4n) is 0.626. The summed E-state index contributed by atoms with van der Waals surface area (Å²) in [7, 11) is 0. The fourth-order valence-corrected chi connectivity index (χ4v) is 1.02. The molecular weight excluding hydrogens is 223 g/mol. The van der Waals surface area contributed by atoms with Gasteiger partial charge in [-0.15, -0.1) is 0 Å². The molecule has 58 valence electrons. The lowest BCUT2D eigenvalue weighted by molar-refractivity contribution is -0.385. The van der Waals surface area contributed by atoms with E-state index < -0.39 is 10.7 Å². The third-order valence-electron chi connectivity index (χ3n) is 1.10. The largest absolute Gasteiger partial charge is 0.286 e. The zero-order valence-electron chi connectivity index (χ0n) is 5.25. The first-order valence-electron chi connectivity index (χ1n) is 2.70. The third kappa shape index (κ3) is 1.74. The molecule has 0 fully saturated rings. The van der Waals surface area contributed by atoms with Crippen molar-refractivity contribution in [2.24, 2.45) is 0 Å². The number of hydrogen-bond donors (Lipinski definition) is 0. The molecule has 0 aliphatic carbocycles. The lowest BCUT2D eigenvalue weighted by Gasteiger charge is -1.93. The van der Waals surface area contributed by atoms with E-state index in [9.17, 15) is 14.5 Å². The van der Waals surface area contributed by atoms with Crippen molar-refractivity contribution in [2.45, 2.75) is 0 Å². The van der Waals surface area contributed by atoms with Gasteiger partial charge in [-0.05, 0) is 28.1 Å². The van der Waals surface area contributed by atoms with Crippen LogP contribution in [0.25, 0.3) is 0 Å². The van der Waals surface area contributed by atoms with Gasteiger partial charge in [0.15, 0.2) is 0 Å². The van der Waals surface area contributed by atoms with Gasteiger partial charge in [0.05, 0.1) is 15.5 Å². The van der Waals surface area contributed by atoms with Crippen LogP contribution >= 0.6 is 15.9 Å². The van der Waals surface area contributed by atoms with Gasteiger partial charge in [0, 0.05) is 0 Å². The predicted octanol–water partition coefficient (Wildman–Crippen LogP) is 2.50. The Balaban J connectivity index is 3.23. The van der Waals surface area contributed by atoms with Gasteiger partial charge in [0.1, 0.15) is 5.82 Å². The van der Waals surface area contributed by atoms with Crippen LogP contribution in [-0.4, -0.2) is 4.92 Å². The Morgan fingerprint density at radius 1 is 1.55 bits per heavy atom. The summed E-state index contributed by atoms with van der Waals surface area (Å²) >= 11 is 2.92. The van der Waals surface area contributed by atoms with Crippen molar-refractivity contribution in [2.75, 3.05) is 0 Å². The molecule has 0 bridgehead atoms. The van der Waals surface area contributed by atoms with Crippen molar-refractivity contribution < 1.29 is 9.31 Å². The molecule has 0 N–H and O–H groups in total. The highest BCUT2D eigenvalue weighted by atomic mass is 79.9. The van der Waals surface area contributed by atoms with Gasteiger partial charge in [-0.1, -0.05) is 0 Å². The van der Waals surface area contributed by atoms with Crippen molar-refractivity contribution >= 4 is 21.6 Å². The molecule has 1 aromatic carbocycles. The molecule has 5 heteroatoms. The van der Waals surface area contributed by atoms with Crippen molar-refractivity contribution in [1.29, 1.82) is 0 Å². The third-order valence-corrected chi connectivity index (χ3v) is 1.78. The zero-order valence-corrected chi connectivity index (χ0v) is 6.84. The molecule has 1 rings (SSSR count). The van der Waals surface area contributed by atoms with Crippen molar-refractivity contribution in [1.82, 2.24) is 0 Å². The molecule has 0 atom stereocenters. The average molecular weight is 226 g/mol. The van der Waals surface area contributed by atoms with Crippen molar-refractivity contribution in [3.8, 4) is 0 Å².